The SMILES string of the molecule is COCCNCc1c(C)nc(C2CCCO2)nc1C. The Balaban J connectivity index is 2.04. The van der Waals surface area contributed by atoms with Gasteiger partial charge in [-0.1, -0.05) is 0 Å². The molecule has 1 aromatic heterocycles. The maximum absolute atomic E-state index is 5.64. The Kier molecular flexibility index (Phi) is 5.24. The van der Waals surface area contributed by atoms with E-state index in [1.807, 2.05) is 13.8 Å². The molecule has 1 saturated heterocycles. The van der Waals surface area contributed by atoms with Gasteiger partial charge in [0, 0.05) is 43.8 Å². The van der Waals surface area contributed by atoms with Gasteiger partial charge in [-0.15, -0.1) is 0 Å². The fourth-order valence-corrected chi connectivity index (χ4v) is 2.33. The van der Waals surface area contributed by atoms with Crippen molar-refractivity contribution < 1.29 is 9.47 Å². The lowest BCUT2D eigenvalue weighted by Gasteiger charge is -2.14. The molecule has 0 aliphatic carbocycles. The number of aryl methyl sites for hydroxylation is 2. The van der Waals surface area contributed by atoms with Crippen LogP contribution >= 0.6 is 0 Å². The molecule has 0 saturated carbocycles. The van der Waals surface area contributed by atoms with Crippen molar-refractivity contribution in [2.75, 3.05) is 26.9 Å². The van der Waals surface area contributed by atoms with Crippen LogP contribution in [0.15, 0.2) is 0 Å². The lowest BCUT2D eigenvalue weighted by atomic mass is 10.1. The van der Waals surface area contributed by atoms with Crippen LogP contribution in [0.2, 0.25) is 0 Å². The fraction of sp³-hybridized carbons (Fsp3) is 0.714. The van der Waals surface area contributed by atoms with Gasteiger partial charge < -0.3 is 14.8 Å². The molecule has 106 valence electrons. The molecule has 1 aliphatic rings. The summed E-state index contributed by atoms with van der Waals surface area (Å²) in [6.07, 6.45) is 2.23. The number of methoxy groups -OCH3 is 1. The second kappa shape index (κ2) is 6.93. The lowest BCUT2D eigenvalue weighted by molar-refractivity contribution is 0.104. The second-order valence-corrected chi connectivity index (χ2v) is 4.90. The van der Waals surface area contributed by atoms with E-state index in [0.29, 0.717) is 6.61 Å². The monoisotopic (exact) mass is 265 g/mol. The van der Waals surface area contributed by atoms with Gasteiger partial charge in [-0.3, -0.25) is 0 Å². The molecule has 5 heteroatoms. The van der Waals surface area contributed by atoms with E-state index in [4.69, 9.17) is 9.47 Å². The minimum Gasteiger partial charge on any atom is -0.383 e. The highest BCUT2D eigenvalue weighted by atomic mass is 16.5. The quantitative estimate of drug-likeness (QED) is 0.793. The summed E-state index contributed by atoms with van der Waals surface area (Å²) in [4.78, 5) is 9.22. The predicted molar refractivity (Wildman–Crippen MR) is 73.0 cm³/mol. The van der Waals surface area contributed by atoms with Gasteiger partial charge in [0.05, 0.1) is 6.61 Å². The highest BCUT2D eigenvalue weighted by Crippen LogP contribution is 2.26. The van der Waals surface area contributed by atoms with Crippen molar-refractivity contribution in [2.24, 2.45) is 0 Å². The third-order valence-corrected chi connectivity index (χ3v) is 3.44. The summed E-state index contributed by atoms with van der Waals surface area (Å²) in [6, 6.07) is 0. The standard InChI is InChI=1S/C14H23N3O2/c1-10-12(9-15-6-8-18-3)11(2)17-14(16-10)13-5-4-7-19-13/h13,15H,4-9H2,1-3H3. The smallest absolute Gasteiger partial charge is 0.157 e. The summed E-state index contributed by atoms with van der Waals surface area (Å²) in [5.41, 5.74) is 3.27. The Morgan fingerprint density at radius 2 is 2.05 bits per heavy atom. The number of hydrogen-bond acceptors (Lipinski definition) is 5. The molecular formula is C14H23N3O2. The van der Waals surface area contributed by atoms with E-state index in [0.717, 1.165) is 49.8 Å². The molecule has 2 rings (SSSR count). The van der Waals surface area contributed by atoms with Crippen molar-refractivity contribution in [1.29, 1.82) is 0 Å². The van der Waals surface area contributed by atoms with Gasteiger partial charge in [-0.2, -0.15) is 0 Å². The van der Waals surface area contributed by atoms with Gasteiger partial charge in [-0.05, 0) is 26.7 Å². The van der Waals surface area contributed by atoms with E-state index in [2.05, 4.69) is 15.3 Å². The van der Waals surface area contributed by atoms with Crippen LogP contribution in [0.1, 0.15) is 41.7 Å². The average molecular weight is 265 g/mol. The molecule has 2 heterocycles. The number of hydrogen-bond donors (Lipinski definition) is 1. The second-order valence-electron chi connectivity index (χ2n) is 4.90. The van der Waals surface area contributed by atoms with Crippen LogP contribution in [0.25, 0.3) is 0 Å². The molecule has 0 bridgehead atoms. The first kappa shape index (κ1) is 14.4. The van der Waals surface area contributed by atoms with E-state index in [-0.39, 0.29) is 6.10 Å². The molecule has 1 atom stereocenters. The number of nitrogens with one attached hydrogen (secondary N) is 1. The molecule has 19 heavy (non-hydrogen) atoms. The molecule has 0 aromatic carbocycles. The zero-order valence-corrected chi connectivity index (χ0v) is 12.0. The van der Waals surface area contributed by atoms with Gasteiger partial charge in [-0.25, -0.2) is 9.97 Å². The Morgan fingerprint density at radius 1 is 1.32 bits per heavy atom. The summed E-state index contributed by atoms with van der Waals surface area (Å²) in [6.45, 7) is 7.25. The van der Waals surface area contributed by atoms with Crippen molar-refractivity contribution in [3.63, 3.8) is 0 Å². The van der Waals surface area contributed by atoms with E-state index in [9.17, 15) is 0 Å². The van der Waals surface area contributed by atoms with Crippen molar-refractivity contribution >= 4 is 0 Å². The molecule has 1 unspecified atom stereocenters. The topological polar surface area (TPSA) is 56.3 Å². The minimum absolute atomic E-state index is 0.0906. The first-order valence-electron chi connectivity index (χ1n) is 6.87. The molecule has 5 nitrogen and oxygen atoms in total. The molecule has 0 spiro atoms. The normalized spacial score (nSPS) is 19.0. The third kappa shape index (κ3) is 3.72. The van der Waals surface area contributed by atoms with Crippen molar-refractivity contribution in [1.82, 2.24) is 15.3 Å². The van der Waals surface area contributed by atoms with Crippen molar-refractivity contribution in [3.8, 4) is 0 Å². The van der Waals surface area contributed by atoms with Crippen LogP contribution in [0, 0.1) is 13.8 Å². The van der Waals surface area contributed by atoms with Gasteiger partial charge in [0.2, 0.25) is 0 Å². The van der Waals surface area contributed by atoms with Gasteiger partial charge in [0.1, 0.15) is 6.10 Å². The fourth-order valence-electron chi connectivity index (χ4n) is 2.33. The molecule has 1 N–H and O–H groups in total. The third-order valence-electron chi connectivity index (χ3n) is 3.44. The Morgan fingerprint density at radius 3 is 2.63 bits per heavy atom. The lowest BCUT2D eigenvalue weighted by Crippen LogP contribution is -2.21. The molecular weight excluding hydrogens is 242 g/mol. The summed E-state index contributed by atoms with van der Waals surface area (Å²) in [7, 11) is 1.71. The van der Waals surface area contributed by atoms with E-state index < -0.39 is 0 Å². The Bertz CT molecular complexity index is 394. The molecule has 1 fully saturated rings. The van der Waals surface area contributed by atoms with Gasteiger partial charge in [0.25, 0.3) is 0 Å². The van der Waals surface area contributed by atoms with Crippen LogP contribution < -0.4 is 5.32 Å². The molecule has 1 aliphatic heterocycles. The van der Waals surface area contributed by atoms with Gasteiger partial charge >= 0.3 is 0 Å². The zero-order chi connectivity index (χ0) is 13.7. The van der Waals surface area contributed by atoms with E-state index in [1.165, 1.54) is 5.56 Å². The summed E-state index contributed by atoms with van der Waals surface area (Å²) >= 11 is 0. The molecule has 0 amide bonds. The van der Waals surface area contributed by atoms with Crippen molar-refractivity contribution in [3.05, 3.63) is 22.8 Å². The summed E-state index contributed by atoms with van der Waals surface area (Å²) in [5, 5.41) is 3.34. The maximum Gasteiger partial charge on any atom is 0.157 e. The maximum atomic E-state index is 5.64. The van der Waals surface area contributed by atoms with E-state index >= 15 is 0 Å². The van der Waals surface area contributed by atoms with Gasteiger partial charge in [0.15, 0.2) is 5.82 Å². The number of ether oxygens (including phenoxy) is 2. The average Bonchev–Trinajstić information content (AvgIpc) is 2.90. The number of nitrogens with zero attached hydrogens (tertiary/aromatic N) is 2. The number of aromatic nitrogens is 2. The Labute approximate surface area is 114 Å². The predicted octanol–water partition coefficient (Wildman–Crippen LogP) is 1.68. The van der Waals surface area contributed by atoms with Crippen LogP contribution in [0.4, 0.5) is 0 Å². The first-order chi connectivity index (χ1) is 9.22. The molecule has 1 aromatic rings. The minimum atomic E-state index is 0.0906. The number of rotatable bonds is 6. The van der Waals surface area contributed by atoms with Crippen LogP contribution in [0.3, 0.4) is 0 Å². The summed E-state index contributed by atoms with van der Waals surface area (Å²) < 4.78 is 10.7. The molecule has 0 radical (unpaired) electrons. The van der Waals surface area contributed by atoms with E-state index in [1.54, 1.807) is 7.11 Å². The highest BCUT2D eigenvalue weighted by Gasteiger charge is 2.21. The van der Waals surface area contributed by atoms with Crippen LogP contribution in [-0.2, 0) is 16.0 Å². The summed E-state index contributed by atoms with van der Waals surface area (Å²) in [5.74, 6) is 0.841. The zero-order valence-electron chi connectivity index (χ0n) is 12.0. The largest absolute Gasteiger partial charge is 0.383 e. The van der Waals surface area contributed by atoms with Crippen LogP contribution in [0.5, 0.6) is 0 Å². The Hall–Kier alpha value is -1.04. The van der Waals surface area contributed by atoms with Crippen molar-refractivity contribution in [2.45, 2.75) is 39.3 Å². The van der Waals surface area contributed by atoms with Crippen LogP contribution in [-0.4, -0.2) is 36.8 Å². The first-order valence-corrected chi connectivity index (χ1v) is 6.87. The highest BCUT2D eigenvalue weighted by molar-refractivity contribution is 5.24.